The molecule has 136 valence electrons. The summed E-state index contributed by atoms with van der Waals surface area (Å²) in [6.45, 7) is 4.07. The van der Waals surface area contributed by atoms with Gasteiger partial charge in [-0.25, -0.2) is 9.78 Å². The Bertz CT molecular complexity index is 1040. The average molecular weight is 378 g/mol. The van der Waals surface area contributed by atoms with Crippen LogP contribution in [0, 0.1) is 13.8 Å². The summed E-state index contributed by atoms with van der Waals surface area (Å²) in [6.07, 6.45) is -0.483. The van der Waals surface area contributed by atoms with Crippen LogP contribution in [-0.2, 0) is 16.0 Å². The third kappa shape index (κ3) is 3.48. The molecule has 0 bridgehead atoms. The van der Waals surface area contributed by atoms with E-state index in [-0.39, 0.29) is 5.91 Å². The lowest BCUT2D eigenvalue weighted by Crippen LogP contribution is -2.37. The van der Waals surface area contributed by atoms with E-state index in [0.29, 0.717) is 17.1 Å². The number of hydrogen-bond acceptors (Lipinski definition) is 5. The number of hydrogen-bond donors (Lipinski definition) is 1. The van der Waals surface area contributed by atoms with Crippen LogP contribution in [0.4, 0.5) is 5.13 Å². The molecule has 0 fully saturated rings. The first-order chi connectivity index (χ1) is 13.0. The fraction of sp³-hybridized carbons (Fsp3) is 0.190. The summed E-state index contributed by atoms with van der Waals surface area (Å²) < 4.78 is 5.30. The number of rotatable bonds is 3. The van der Waals surface area contributed by atoms with Crippen molar-refractivity contribution in [3.8, 4) is 11.3 Å². The number of benzene rings is 2. The molecule has 5 nitrogen and oxygen atoms in total. The molecular weight excluding hydrogens is 360 g/mol. The highest BCUT2D eigenvalue weighted by atomic mass is 32.1. The molecule has 27 heavy (non-hydrogen) atoms. The van der Waals surface area contributed by atoms with Gasteiger partial charge in [-0.3, -0.25) is 10.1 Å². The predicted molar refractivity (Wildman–Crippen MR) is 105 cm³/mol. The number of fused-ring (bicyclic) bond motifs is 1. The van der Waals surface area contributed by atoms with Gasteiger partial charge >= 0.3 is 5.97 Å². The van der Waals surface area contributed by atoms with Crippen molar-refractivity contribution in [2.75, 3.05) is 5.32 Å². The maximum atomic E-state index is 12.6. The second-order valence-electron chi connectivity index (χ2n) is 6.60. The number of ether oxygens (including phenoxy) is 1. The Morgan fingerprint density at radius 1 is 1.19 bits per heavy atom. The summed E-state index contributed by atoms with van der Waals surface area (Å²) >= 11 is 1.35. The van der Waals surface area contributed by atoms with E-state index in [1.54, 1.807) is 12.1 Å². The Morgan fingerprint density at radius 3 is 2.85 bits per heavy atom. The van der Waals surface area contributed by atoms with Gasteiger partial charge < -0.3 is 4.74 Å². The molecule has 1 aromatic heterocycles. The largest absolute Gasteiger partial charge is 0.448 e. The number of amides is 1. The highest BCUT2D eigenvalue weighted by Crippen LogP contribution is 2.29. The van der Waals surface area contributed by atoms with Crippen LogP contribution in [-0.4, -0.2) is 23.0 Å². The molecule has 1 unspecified atom stereocenters. The zero-order chi connectivity index (χ0) is 19.0. The molecule has 0 spiro atoms. The van der Waals surface area contributed by atoms with E-state index < -0.39 is 12.1 Å². The van der Waals surface area contributed by atoms with E-state index in [9.17, 15) is 9.59 Å². The zero-order valence-corrected chi connectivity index (χ0v) is 15.8. The summed E-state index contributed by atoms with van der Waals surface area (Å²) in [7, 11) is 0. The summed E-state index contributed by atoms with van der Waals surface area (Å²) in [5.41, 5.74) is 5.49. The molecule has 3 aromatic rings. The topological polar surface area (TPSA) is 68.3 Å². The van der Waals surface area contributed by atoms with Crippen LogP contribution in [0.2, 0.25) is 0 Å². The number of nitrogens with one attached hydrogen (secondary N) is 1. The summed E-state index contributed by atoms with van der Waals surface area (Å²) in [5, 5.41) is 5.19. The quantitative estimate of drug-likeness (QED) is 0.695. The van der Waals surface area contributed by atoms with Gasteiger partial charge in [0.05, 0.1) is 11.3 Å². The number of aromatic nitrogens is 1. The Kier molecular flexibility index (Phi) is 4.49. The number of cyclic esters (lactones) is 1. The maximum Gasteiger partial charge on any atom is 0.339 e. The number of carbonyl (C=O) groups excluding carboxylic acids is 2. The summed E-state index contributed by atoms with van der Waals surface area (Å²) in [6, 6.07) is 13.4. The molecule has 2 aromatic carbocycles. The molecule has 1 N–H and O–H groups in total. The van der Waals surface area contributed by atoms with E-state index in [1.807, 2.05) is 31.4 Å². The van der Waals surface area contributed by atoms with Crippen molar-refractivity contribution < 1.29 is 14.3 Å². The minimum Gasteiger partial charge on any atom is -0.448 e. The maximum absolute atomic E-state index is 12.6. The molecule has 1 amide bonds. The van der Waals surface area contributed by atoms with Crippen molar-refractivity contribution in [2.24, 2.45) is 0 Å². The van der Waals surface area contributed by atoms with Crippen LogP contribution >= 0.6 is 11.3 Å². The lowest BCUT2D eigenvalue weighted by molar-refractivity contribution is -0.125. The number of esters is 1. The van der Waals surface area contributed by atoms with Gasteiger partial charge in [0.15, 0.2) is 11.2 Å². The Morgan fingerprint density at radius 2 is 2.00 bits per heavy atom. The third-order valence-corrected chi connectivity index (χ3v) is 5.35. The van der Waals surface area contributed by atoms with E-state index in [2.05, 4.69) is 28.5 Å². The van der Waals surface area contributed by atoms with Gasteiger partial charge in [-0.15, -0.1) is 11.3 Å². The van der Waals surface area contributed by atoms with Crippen molar-refractivity contribution in [2.45, 2.75) is 26.4 Å². The molecule has 1 aliphatic rings. The normalized spacial score (nSPS) is 15.8. The monoisotopic (exact) mass is 378 g/mol. The van der Waals surface area contributed by atoms with Crippen molar-refractivity contribution in [1.29, 1.82) is 0 Å². The van der Waals surface area contributed by atoms with Crippen molar-refractivity contribution >= 4 is 28.3 Å². The SMILES string of the molecule is Cc1ccc(C)c(-c2csc(NC(=O)C3Cc4ccccc4C(=O)O3)n2)c1. The van der Waals surface area contributed by atoms with E-state index >= 15 is 0 Å². The van der Waals surface area contributed by atoms with Crippen LogP contribution in [0.1, 0.15) is 27.0 Å². The zero-order valence-electron chi connectivity index (χ0n) is 15.0. The highest BCUT2D eigenvalue weighted by Gasteiger charge is 2.31. The Balaban J connectivity index is 1.51. The smallest absolute Gasteiger partial charge is 0.339 e. The minimum absolute atomic E-state index is 0.361. The van der Waals surface area contributed by atoms with Gasteiger partial charge in [-0.2, -0.15) is 0 Å². The number of aryl methyl sites for hydroxylation is 2. The Hall–Kier alpha value is -2.99. The molecule has 2 heterocycles. The fourth-order valence-electron chi connectivity index (χ4n) is 3.13. The van der Waals surface area contributed by atoms with Gasteiger partial charge in [-0.05, 0) is 37.1 Å². The highest BCUT2D eigenvalue weighted by molar-refractivity contribution is 7.14. The van der Waals surface area contributed by atoms with Crippen LogP contribution < -0.4 is 5.32 Å². The van der Waals surface area contributed by atoms with E-state index in [4.69, 9.17) is 4.74 Å². The number of thiazole rings is 1. The third-order valence-electron chi connectivity index (χ3n) is 4.59. The van der Waals surface area contributed by atoms with Crippen LogP contribution in [0.15, 0.2) is 47.8 Å². The Labute approximate surface area is 161 Å². The first kappa shape index (κ1) is 17.4. The van der Waals surface area contributed by atoms with Gasteiger partial charge in [0.1, 0.15) is 0 Å². The molecule has 0 aliphatic carbocycles. The molecule has 1 atom stereocenters. The molecule has 0 radical (unpaired) electrons. The first-order valence-corrected chi connectivity index (χ1v) is 9.52. The van der Waals surface area contributed by atoms with Crippen LogP contribution in [0.3, 0.4) is 0 Å². The van der Waals surface area contributed by atoms with Crippen LogP contribution in [0.25, 0.3) is 11.3 Å². The summed E-state index contributed by atoms with van der Waals surface area (Å²) in [5.74, 6) is -0.827. The van der Waals surface area contributed by atoms with E-state index in [0.717, 1.165) is 27.9 Å². The lowest BCUT2D eigenvalue weighted by atomic mass is 9.98. The minimum atomic E-state index is -0.847. The average Bonchev–Trinajstić information content (AvgIpc) is 3.12. The standard InChI is InChI=1S/C21H18N2O3S/c1-12-7-8-13(2)16(9-12)17-11-27-21(22-17)23-19(24)18-10-14-5-3-4-6-15(14)20(25)26-18/h3-9,11,18H,10H2,1-2H3,(H,22,23,24). The number of carbonyl (C=O) groups is 2. The number of nitrogens with zero attached hydrogens (tertiary/aromatic N) is 1. The molecule has 0 saturated carbocycles. The second-order valence-corrected chi connectivity index (χ2v) is 7.46. The van der Waals surface area contributed by atoms with E-state index in [1.165, 1.54) is 11.3 Å². The van der Waals surface area contributed by atoms with Crippen molar-refractivity contribution in [3.63, 3.8) is 0 Å². The first-order valence-electron chi connectivity index (χ1n) is 8.64. The number of anilines is 1. The molecule has 6 heteroatoms. The molecule has 4 rings (SSSR count). The molecule has 1 aliphatic heterocycles. The molecular formula is C21H18N2O3S. The fourth-order valence-corrected chi connectivity index (χ4v) is 3.84. The van der Waals surface area contributed by atoms with Gasteiger partial charge in [0.25, 0.3) is 5.91 Å². The molecule has 0 saturated heterocycles. The van der Waals surface area contributed by atoms with Gasteiger partial charge in [0, 0.05) is 17.4 Å². The van der Waals surface area contributed by atoms with Crippen molar-refractivity contribution in [3.05, 3.63) is 70.1 Å². The second kappa shape index (κ2) is 6.96. The van der Waals surface area contributed by atoms with Crippen LogP contribution in [0.5, 0.6) is 0 Å². The van der Waals surface area contributed by atoms with Gasteiger partial charge in [-0.1, -0.05) is 35.9 Å². The summed E-state index contributed by atoms with van der Waals surface area (Å²) in [4.78, 5) is 29.2. The van der Waals surface area contributed by atoms with Gasteiger partial charge in [0.2, 0.25) is 0 Å². The predicted octanol–water partition coefficient (Wildman–Crippen LogP) is 4.15. The van der Waals surface area contributed by atoms with Crippen molar-refractivity contribution in [1.82, 2.24) is 4.98 Å². The lowest BCUT2D eigenvalue weighted by Gasteiger charge is -2.23.